The topological polar surface area (TPSA) is 51.0 Å². The summed E-state index contributed by atoms with van der Waals surface area (Å²) in [6, 6.07) is 6.50. The van der Waals surface area contributed by atoms with Crippen molar-refractivity contribution < 1.29 is 9.18 Å². The summed E-state index contributed by atoms with van der Waals surface area (Å²) in [5.41, 5.74) is 0.719. The summed E-state index contributed by atoms with van der Waals surface area (Å²) in [6.45, 7) is 1.37. The highest BCUT2D eigenvalue weighted by atomic mass is 19.1. The maximum Gasteiger partial charge on any atom is 0.227 e. The van der Waals surface area contributed by atoms with Crippen LogP contribution in [0.25, 0.3) is 0 Å². The molecule has 2 heterocycles. The van der Waals surface area contributed by atoms with E-state index in [1.807, 2.05) is 4.90 Å². The van der Waals surface area contributed by atoms with Crippen molar-refractivity contribution in [2.24, 2.45) is 0 Å². The number of aromatic nitrogens is 3. The molecule has 0 unspecified atom stereocenters. The van der Waals surface area contributed by atoms with Crippen LogP contribution in [0.3, 0.4) is 0 Å². The fourth-order valence-corrected chi connectivity index (χ4v) is 2.93. The van der Waals surface area contributed by atoms with Crippen molar-refractivity contribution in [3.05, 3.63) is 47.8 Å². The molecule has 1 amide bonds. The first kappa shape index (κ1) is 13.4. The lowest BCUT2D eigenvalue weighted by Gasteiger charge is -2.40. The van der Waals surface area contributed by atoms with E-state index in [9.17, 15) is 9.18 Å². The molecule has 1 aromatic heterocycles. The maximum absolute atomic E-state index is 13.1. The monoisotopic (exact) mass is 300 g/mol. The van der Waals surface area contributed by atoms with E-state index in [1.165, 1.54) is 25.0 Å². The van der Waals surface area contributed by atoms with Crippen LogP contribution in [0.4, 0.5) is 4.39 Å². The molecular formula is C16H17FN4O. The Kier molecular flexibility index (Phi) is 3.17. The highest BCUT2D eigenvalue weighted by Crippen LogP contribution is 2.40. The van der Waals surface area contributed by atoms with Crippen LogP contribution in [-0.2, 0) is 11.2 Å². The summed E-state index contributed by atoms with van der Waals surface area (Å²) < 4.78 is 15.3. The molecule has 114 valence electrons. The molecule has 4 rings (SSSR count). The first-order chi connectivity index (χ1) is 10.7. The van der Waals surface area contributed by atoms with Gasteiger partial charge in [-0.2, -0.15) is 0 Å². The zero-order valence-electron chi connectivity index (χ0n) is 12.2. The van der Waals surface area contributed by atoms with Crippen molar-refractivity contribution in [1.82, 2.24) is 19.7 Å². The van der Waals surface area contributed by atoms with E-state index in [0.29, 0.717) is 19.0 Å². The summed E-state index contributed by atoms with van der Waals surface area (Å²) in [5, 5.41) is 8.20. The SMILES string of the molecule is O=C(Cc1cccc(F)c1)N1CC(n2cnnc2C2CC2)C1. The average molecular weight is 300 g/mol. The molecule has 1 aliphatic heterocycles. The minimum atomic E-state index is -0.301. The summed E-state index contributed by atoms with van der Waals surface area (Å²) in [5.74, 6) is 1.36. The van der Waals surface area contributed by atoms with Crippen LogP contribution in [0, 0.1) is 5.82 Å². The summed E-state index contributed by atoms with van der Waals surface area (Å²) in [4.78, 5) is 14.0. The number of likely N-dealkylation sites (tertiary alicyclic amines) is 1. The van der Waals surface area contributed by atoms with E-state index in [2.05, 4.69) is 14.8 Å². The molecule has 1 aliphatic carbocycles. The predicted molar refractivity (Wildman–Crippen MR) is 77.7 cm³/mol. The normalized spacial score (nSPS) is 18.3. The highest BCUT2D eigenvalue weighted by Gasteiger charge is 2.36. The molecule has 0 atom stereocenters. The van der Waals surface area contributed by atoms with Crippen molar-refractivity contribution in [3.63, 3.8) is 0 Å². The Morgan fingerprint density at radius 2 is 2.14 bits per heavy atom. The van der Waals surface area contributed by atoms with Gasteiger partial charge in [0.2, 0.25) is 5.91 Å². The molecule has 1 saturated carbocycles. The van der Waals surface area contributed by atoms with Gasteiger partial charge >= 0.3 is 0 Å². The Hall–Kier alpha value is -2.24. The minimum Gasteiger partial charge on any atom is -0.338 e. The van der Waals surface area contributed by atoms with Gasteiger partial charge in [-0.05, 0) is 30.5 Å². The Labute approximate surface area is 127 Å². The molecule has 2 aromatic rings. The van der Waals surface area contributed by atoms with Crippen LogP contribution in [-0.4, -0.2) is 38.7 Å². The van der Waals surface area contributed by atoms with Crippen molar-refractivity contribution in [1.29, 1.82) is 0 Å². The Morgan fingerprint density at radius 3 is 2.86 bits per heavy atom. The third kappa shape index (κ3) is 2.49. The first-order valence-corrected chi connectivity index (χ1v) is 7.62. The van der Waals surface area contributed by atoms with Gasteiger partial charge in [0.1, 0.15) is 18.0 Å². The molecule has 0 radical (unpaired) electrons. The standard InChI is InChI=1S/C16H17FN4O/c17-13-3-1-2-11(6-13)7-15(22)20-8-14(9-20)21-10-18-19-16(21)12-4-5-12/h1-3,6,10,12,14H,4-5,7-9H2. The van der Waals surface area contributed by atoms with Gasteiger partial charge in [0, 0.05) is 19.0 Å². The second-order valence-corrected chi connectivity index (χ2v) is 6.13. The largest absolute Gasteiger partial charge is 0.338 e. The lowest BCUT2D eigenvalue weighted by atomic mass is 10.1. The van der Waals surface area contributed by atoms with E-state index in [1.54, 1.807) is 18.5 Å². The average Bonchev–Trinajstić information content (AvgIpc) is 3.17. The maximum atomic E-state index is 13.1. The van der Waals surface area contributed by atoms with Crippen LogP contribution in [0.5, 0.6) is 0 Å². The second kappa shape index (κ2) is 5.19. The number of hydrogen-bond acceptors (Lipinski definition) is 3. The molecule has 6 heteroatoms. The predicted octanol–water partition coefficient (Wildman–Crippen LogP) is 1.92. The number of benzene rings is 1. The Morgan fingerprint density at radius 1 is 1.32 bits per heavy atom. The zero-order valence-corrected chi connectivity index (χ0v) is 12.2. The van der Waals surface area contributed by atoms with Gasteiger partial charge in [-0.25, -0.2) is 4.39 Å². The smallest absolute Gasteiger partial charge is 0.227 e. The van der Waals surface area contributed by atoms with Gasteiger partial charge in [0.15, 0.2) is 0 Å². The molecule has 1 aromatic carbocycles. The number of hydrogen-bond donors (Lipinski definition) is 0. The number of rotatable bonds is 4. The third-order valence-electron chi connectivity index (χ3n) is 4.40. The molecule has 2 fully saturated rings. The lowest BCUT2D eigenvalue weighted by Crippen LogP contribution is -2.51. The van der Waals surface area contributed by atoms with Crippen LogP contribution < -0.4 is 0 Å². The summed E-state index contributed by atoms with van der Waals surface area (Å²) in [7, 11) is 0. The third-order valence-corrected chi connectivity index (χ3v) is 4.40. The quantitative estimate of drug-likeness (QED) is 0.867. The number of amides is 1. The molecule has 2 aliphatic rings. The van der Waals surface area contributed by atoms with Gasteiger partial charge in [0.25, 0.3) is 0 Å². The van der Waals surface area contributed by atoms with Crippen molar-refractivity contribution in [2.75, 3.05) is 13.1 Å². The number of nitrogens with zero attached hydrogens (tertiary/aromatic N) is 4. The fourth-order valence-electron chi connectivity index (χ4n) is 2.93. The molecule has 0 N–H and O–H groups in total. The molecule has 22 heavy (non-hydrogen) atoms. The van der Waals surface area contributed by atoms with E-state index >= 15 is 0 Å². The number of halogens is 1. The fraction of sp³-hybridized carbons (Fsp3) is 0.438. The lowest BCUT2D eigenvalue weighted by molar-refractivity contribution is -0.136. The van der Waals surface area contributed by atoms with E-state index in [-0.39, 0.29) is 24.2 Å². The second-order valence-electron chi connectivity index (χ2n) is 6.13. The van der Waals surface area contributed by atoms with Crippen molar-refractivity contribution in [3.8, 4) is 0 Å². The Balaban J connectivity index is 1.36. The summed E-state index contributed by atoms with van der Waals surface area (Å²) >= 11 is 0. The molecule has 5 nitrogen and oxygen atoms in total. The van der Waals surface area contributed by atoms with Crippen LogP contribution >= 0.6 is 0 Å². The zero-order chi connectivity index (χ0) is 15.1. The van der Waals surface area contributed by atoms with Gasteiger partial charge < -0.3 is 9.47 Å². The van der Waals surface area contributed by atoms with E-state index in [4.69, 9.17) is 0 Å². The van der Waals surface area contributed by atoms with Gasteiger partial charge in [-0.15, -0.1) is 10.2 Å². The highest BCUT2D eigenvalue weighted by molar-refractivity contribution is 5.79. The van der Waals surface area contributed by atoms with Crippen LogP contribution in [0.1, 0.15) is 36.2 Å². The van der Waals surface area contributed by atoms with Crippen LogP contribution in [0.15, 0.2) is 30.6 Å². The number of carbonyl (C=O) groups is 1. The van der Waals surface area contributed by atoms with E-state index in [0.717, 1.165) is 11.4 Å². The van der Waals surface area contributed by atoms with Crippen LogP contribution in [0.2, 0.25) is 0 Å². The van der Waals surface area contributed by atoms with Gasteiger partial charge in [-0.3, -0.25) is 4.79 Å². The van der Waals surface area contributed by atoms with E-state index < -0.39 is 0 Å². The van der Waals surface area contributed by atoms with Gasteiger partial charge in [0.05, 0.1) is 12.5 Å². The molecule has 0 spiro atoms. The van der Waals surface area contributed by atoms with Crippen molar-refractivity contribution in [2.45, 2.75) is 31.2 Å². The summed E-state index contributed by atoms with van der Waals surface area (Å²) in [6.07, 6.45) is 4.40. The minimum absolute atomic E-state index is 0.0443. The van der Waals surface area contributed by atoms with Gasteiger partial charge in [-0.1, -0.05) is 12.1 Å². The molecule has 1 saturated heterocycles. The van der Waals surface area contributed by atoms with Crippen molar-refractivity contribution >= 4 is 5.91 Å². The molecule has 0 bridgehead atoms. The Bertz CT molecular complexity index is 704. The molecular weight excluding hydrogens is 283 g/mol. The first-order valence-electron chi connectivity index (χ1n) is 7.62. The number of carbonyl (C=O) groups excluding carboxylic acids is 1.